The largest absolute Gasteiger partial charge is 0.299 e. The quantitative estimate of drug-likeness (QED) is 0.642. The second-order valence-corrected chi connectivity index (χ2v) is 5.52. The topological polar surface area (TPSA) is 34.1 Å². The number of Topliss-reactive ketones (excluding diaryl/α,β-unsaturated/α-hetero) is 2. The fourth-order valence-corrected chi connectivity index (χ4v) is 0.676. The van der Waals surface area contributed by atoms with E-state index in [1.54, 1.807) is 0 Å². The van der Waals surface area contributed by atoms with E-state index in [0.29, 0.717) is 0 Å². The first-order chi connectivity index (χ1) is 5.55. The van der Waals surface area contributed by atoms with Crippen LogP contribution in [0.2, 0.25) is 0 Å². The zero-order valence-electron chi connectivity index (χ0n) is 10.0. The van der Waals surface area contributed by atoms with Crippen molar-refractivity contribution in [3.8, 4) is 0 Å². The fraction of sp³-hybridized carbons (Fsp3) is 0.818. The molecule has 0 aliphatic heterocycles. The summed E-state index contributed by atoms with van der Waals surface area (Å²) >= 11 is 0. The van der Waals surface area contributed by atoms with Crippen molar-refractivity contribution in [3.05, 3.63) is 0 Å². The van der Waals surface area contributed by atoms with E-state index in [9.17, 15) is 9.59 Å². The molecule has 14 heavy (non-hydrogen) atoms. The summed E-state index contributed by atoms with van der Waals surface area (Å²) in [6.45, 7) is 11.0. The molecule has 80 valence electrons. The molecule has 0 aliphatic carbocycles. The van der Waals surface area contributed by atoms with E-state index in [4.69, 9.17) is 0 Å². The third-order valence-corrected chi connectivity index (χ3v) is 1.99. The van der Waals surface area contributed by atoms with Crippen molar-refractivity contribution in [1.82, 2.24) is 0 Å². The van der Waals surface area contributed by atoms with Crippen LogP contribution in [0.3, 0.4) is 0 Å². The van der Waals surface area contributed by atoms with E-state index >= 15 is 0 Å². The van der Waals surface area contributed by atoms with E-state index in [1.165, 1.54) is 0 Å². The van der Waals surface area contributed by atoms with Crippen LogP contribution in [0.4, 0.5) is 0 Å². The predicted octanol–water partition coefficient (Wildman–Crippen LogP) is 2.61. The average Bonchev–Trinajstić information content (AvgIpc) is 1.82. The molecule has 0 heterocycles. The fourth-order valence-electron chi connectivity index (χ4n) is 0.676. The number of ketones is 2. The van der Waals surface area contributed by atoms with E-state index in [2.05, 4.69) is 0 Å². The number of carbonyl (C=O) groups excluding carboxylic acids is 2. The maximum Gasteiger partial charge on any atom is 0.145 e. The molecule has 0 bridgehead atoms. The molecule has 3 heteroatoms. The summed E-state index contributed by atoms with van der Waals surface area (Å²) in [4.78, 5) is 23.0. The van der Waals surface area contributed by atoms with Crippen LogP contribution in [0.25, 0.3) is 0 Å². The molecule has 0 amide bonds. The summed E-state index contributed by atoms with van der Waals surface area (Å²) in [5.74, 6) is 0.0415. The van der Waals surface area contributed by atoms with Crippen molar-refractivity contribution < 1.29 is 40.7 Å². The van der Waals surface area contributed by atoms with Crippen LogP contribution in [-0.2, 0) is 9.59 Å². The van der Waals surface area contributed by atoms with Crippen molar-refractivity contribution in [2.45, 2.75) is 48.0 Å². The molecule has 0 atom stereocenters. The van der Waals surface area contributed by atoms with Gasteiger partial charge in [-0.15, -0.1) is 0 Å². The van der Waals surface area contributed by atoms with Crippen LogP contribution in [0.5, 0.6) is 0 Å². The summed E-state index contributed by atoms with van der Waals surface area (Å²) in [5, 5.41) is 0. The molecule has 2 nitrogen and oxygen atoms in total. The molecule has 0 spiro atoms. The van der Waals surface area contributed by atoms with Gasteiger partial charge < -0.3 is 0 Å². The summed E-state index contributed by atoms with van der Waals surface area (Å²) in [6, 6.07) is 0. The second-order valence-electron chi connectivity index (χ2n) is 5.52. The molecule has 0 unspecified atom stereocenters. The first-order valence-electron chi connectivity index (χ1n) is 4.62. The Kier molecular flexibility index (Phi) is 6.57. The van der Waals surface area contributed by atoms with Gasteiger partial charge in [0.05, 0.1) is 6.42 Å². The second kappa shape index (κ2) is 5.47. The smallest absolute Gasteiger partial charge is 0.145 e. The Balaban J connectivity index is 0. The normalized spacial score (nSPS) is 11.9. The van der Waals surface area contributed by atoms with Gasteiger partial charge in [-0.2, -0.15) is 0 Å². The van der Waals surface area contributed by atoms with Gasteiger partial charge in [0, 0.05) is 41.9 Å². The van der Waals surface area contributed by atoms with Crippen molar-refractivity contribution in [2.24, 2.45) is 10.8 Å². The van der Waals surface area contributed by atoms with Gasteiger partial charge in [-0.1, -0.05) is 41.5 Å². The van der Waals surface area contributed by atoms with Crippen LogP contribution in [0, 0.1) is 41.9 Å². The molecule has 0 aromatic carbocycles. The molecular weight excluding hydrogens is 402 g/mol. The summed E-state index contributed by atoms with van der Waals surface area (Å²) in [6.07, 6.45) is 0.0625. The first-order valence-corrected chi connectivity index (χ1v) is 4.62. The molecule has 0 rings (SSSR count). The van der Waals surface area contributed by atoms with E-state index in [0.717, 1.165) is 0 Å². The van der Waals surface area contributed by atoms with Crippen molar-refractivity contribution in [3.63, 3.8) is 0 Å². The Hall–Kier alpha value is 0.392. The predicted molar refractivity (Wildman–Crippen MR) is 53.5 cm³/mol. The zero-order chi connectivity index (χ0) is 10.9. The minimum Gasteiger partial charge on any atom is -0.299 e. The Labute approximate surface area is 111 Å². The molecular formula is C11H20O2U. The van der Waals surface area contributed by atoms with E-state index < -0.39 is 10.8 Å². The standard InChI is InChI=1S/C11H20O2.U/c1-10(2,3)8(12)7-9(13)11(4,5)6;/h7H2,1-6H3;. The number of rotatable bonds is 2. The Morgan fingerprint density at radius 1 is 0.786 bits per heavy atom. The third kappa shape index (κ3) is 5.99. The van der Waals surface area contributed by atoms with Gasteiger partial charge in [0.1, 0.15) is 11.6 Å². The third-order valence-electron chi connectivity index (χ3n) is 1.99. The molecule has 0 fully saturated rings. The maximum absolute atomic E-state index is 11.5. The van der Waals surface area contributed by atoms with Crippen LogP contribution in [0.1, 0.15) is 48.0 Å². The monoisotopic (exact) mass is 422 g/mol. The zero-order valence-corrected chi connectivity index (χ0v) is 14.2. The molecule has 0 aliphatic rings. The van der Waals surface area contributed by atoms with Gasteiger partial charge in [0.15, 0.2) is 0 Å². The average molecular weight is 422 g/mol. The number of carbonyl (C=O) groups is 2. The molecule has 0 radical (unpaired) electrons. The molecule has 0 aromatic heterocycles. The van der Waals surface area contributed by atoms with Gasteiger partial charge in [-0.3, -0.25) is 9.59 Å². The maximum atomic E-state index is 11.5. The number of hydrogen-bond acceptors (Lipinski definition) is 2. The van der Waals surface area contributed by atoms with Gasteiger partial charge in [-0.05, 0) is 0 Å². The van der Waals surface area contributed by atoms with Gasteiger partial charge in [0.2, 0.25) is 0 Å². The Bertz CT molecular complexity index is 194. The van der Waals surface area contributed by atoms with E-state index in [-0.39, 0.29) is 49.1 Å². The first kappa shape index (κ1) is 16.8. The van der Waals surface area contributed by atoms with Crippen LogP contribution < -0.4 is 0 Å². The van der Waals surface area contributed by atoms with Gasteiger partial charge in [-0.25, -0.2) is 0 Å². The van der Waals surface area contributed by atoms with Crippen molar-refractivity contribution in [1.29, 1.82) is 0 Å². The van der Waals surface area contributed by atoms with Gasteiger partial charge >= 0.3 is 0 Å². The molecule has 0 saturated carbocycles. The molecule has 0 saturated heterocycles. The molecule has 0 N–H and O–H groups in total. The summed E-state index contributed by atoms with van der Waals surface area (Å²) in [5.41, 5.74) is -0.804. The van der Waals surface area contributed by atoms with Crippen LogP contribution in [-0.4, -0.2) is 11.6 Å². The van der Waals surface area contributed by atoms with Crippen molar-refractivity contribution in [2.75, 3.05) is 0 Å². The summed E-state index contributed by atoms with van der Waals surface area (Å²) in [7, 11) is 0. The van der Waals surface area contributed by atoms with Gasteiger partial charge in [0.25, 0.3) is 0 Å². The summed E-state index contributed by atoms with van der Waals surface area (Å²) < 4.78 is 0. The Morgan fingerprint density at radius 2 is 1.00 bits per heavy atom. The van der Waals surface area contributed by atoms with Crippen LogP contribution >= 0.6 is 0 Å². The molecule has 0 aromatic rings. The Morgan fingerprint density at radius 3 is 1.14 bits per heavy atom. The van der Waals surface area contributed by atoms with E-state index in [1.807, 2.05) is 41.5 Å². The minimum atomic E-state index is -0.402. The van der Waals surface area contributed by atoms with Crippen LogP contribution in [0.15, 0.2) is 0 Å². The number of hydrogen-bond donors (Lipinski definition) is 0. The SMILES string of the molecule is CC(C)(C)C(=O)CC(=O)C(C)(C)C.[U]. The van der Waals surface area contributed by atoms with Crippen molar-refractivity contribution >= 4 is 11.6 Å². The minimum absolute atomic E-state index is 0.